The van der Waals surface area contributed by atoms with Crippen LogP contribution >= 0.6 is 0 Å². The average Bonchev–Trinajstić information content (AvgIpc) is 3.68. The fourth-order valence-corrected chi connectivity index (χ4v) is 6.92. The lowest BCUT2D eigenvalue weighted by Crippen LogP contribution is -2.50. The first-order valence-corrected chi connectivity index (χ1v) is 18.6. The number of aromatic amines is 1. The third-order valence-corrected chi connectivity index (χ3v) is 9.79. The normalized spacial score (nSPS) is 14.3. The molecular weight excluding hydrogens is 708 g/mol. The first kappa shape index (κ1) is 40.7. The number of H-pyrrole nitrogens is 1. The topological polar surface area (TPSA) is 223 Å². The van der Waals surface area contributed by atoms with Crippen LogP contribution in [0.2, 0.25) is 0 Å². The quantitative estimate of drug-likeness (QED) is 0.0725. The number of hydrogen-bond donors (Lipinski definition) is 5. The highest BCUT2D eigenvalue weighted by Crippen LogP contribution is 2.38. The van der Waals surface area contributed by atoms with Crippen molar-refractivity contribution in [1.82, 2.24) is 45.5 Å². The molecule has 3 aromatic rings. The number of carbonyl (C=O) groups is 7. The Morgan fingerprint density at radius 1 is 0.764 bits per heavy atom. The number of nitrogens with one attached hydrogen (secondary N) is 4. The molecule has 17 nitrogen and oxygen atoms in total. The molecule has 6 N–H and O–H groups in total. The summed E-state index contributed by atoms with van der Waals surface area (Å²) in [4.78, 5) is 104. The SMILES string of the molecule is CC(=O)NCC(=O)N[C@@H](Cc1cnc[nH]1)C(=O)NCCCN(C)CCCN1C(=O)c2ccc3c4c(ccc(c24)C1=O)C(=O)N(CCCN(C)CCCN)C3=O. The van der Waals surface area contributed by atoms with E-state index in [9.17, 15) is 33.6 Å². The van der Waals surface area contributed by atoms with Gasteiger partial charge in [-0.1, -0.05) is 0 Å². The molecule has 0 spiro atoms. The van der Waals surface area contributed by atoms with E-state index in [4.69, 9.17) is 5.73 Å². The fraction of sp³-hybridized carbons (Fsp3) is 0.474. The first-order valence-electron chi connectivity index (χ1n) is 18.6. The molecule has 0 saturated heterocycles. The van der Waals surface area contributed by atoms with Gasteiger partial charge in [-0.15, -0.1) is 0 Å². The van der Waals surface area contributed by atoms with Gasteiger partial charge in [0.1, 0.15) is 6.04 Å². The second kappa shape index (κ2) is 18.7. The molecule has 294 valence electrons. The average molecular weight is 759 g/mol. The predicted molar refractivity (Wildman–Crippen MR) is 203 cm³/mol. The van der Waals surface area contributed by atoms with Gasteiger partial charge < -0.3 is 36.5 Å². The Labute approximate surface area is 319 Å². The van der Waals surface area contributed by atoms with Crippen LogP contribution in [0.5, 0.6) is 0 Å². The molecule has 55 heavy (non-hydrogen) atoms. The summed E-state index contributed by atoms with van der Waals surface area (Å²) in [5.41, 5.74) is 7.44. The fourth-order valence-electron chi connectivity index (χ4n) is 6.92. The lowest BCUT2D eigenvalue weighted by atomic mass is 9.86. The van der Waals surface area contributed by atoms with Crippen molar-refractivity contribution in [3.8, 4) is 0 Å². The van der Waals surface area contributed by atoms with Gasteiger partial charge in [0.25, 0.3) is 23.6 Å². The van der Waals surface area contributed by atoms with Crippen molar-refractivity contribution in [2.24, 2.45) is 5.73 Å². The smallest absolute Gasteiger partial charge is 0.261 e. The highest BCUT2D eigenvalue weighted by molar-refractivity contribution is 6.33. The second-order valence-corrected chi connectivity index (χ2v) is 14.0. The van der Waals surface area contributed by atoms with Gasteiger partial charge in [-0.3, -0.25) is 43.4 Å². The van der Waals surface area contributed by atoms with Crippen LogP contribution in [0.3, 0.4) is 0 Å². The number of imide groups is 2. The zero-order chi connectivity index (χ0) is 39.6. The summed E-state index contributed by atoms with van der Waals surface area (Å²) in [6.07, 6.45) is 5.79. The monoisotopic (exact) mass is 758 g/mol. The number of nitrogens with two attached hydrogens (primary N) is 1. The van der Waals surface area contributed by atoms with E-state index in [2.05, 4.69) is 30.8 Å². The standard InChI is InChI=1S/C38H50N10O7/c1-24(49)42-22-31(50)44-30(20-25-21-40-23-43-25)34(51)41-13-5-15-46(3)17-7-19-48-37(54)28-10-8-26-32-27(9-11-29(33(28)32)38(48)55)36(53)47(35(26)52)18-6-16-45(2)14-4-12-39/h8-11,21,23,30H,4-7,12-20,22,39H2,1-3H3,(H,40,43)(H,41,51)(H,42,49)(H,44,50)/t30-/m0/s1. The molecule has 2 aromatic carbocycles. The molecule has 0 unspecified atom stereocenters. The molecule has 0 saturated carbocycles. The molecule has 0 radical (unpaired) electrons. The van der Waals surface area contributed by atoms with E-state index < -0.39 is 35.6 Å². The van der Waals surface area contributed by atoms with E-state index in [1.54, 1.807) is 30.5 Å². The summed E-state index contributed by atoms with van der Waals surface area (Å²) in [5.74, 6) is -3.04. The number of imidazole rings is 1. The van der Waals surface area contributed by atoms with Crippen molar-refractivity contribution in [1.29, 1.82) is 0 Å². The Kier molecular flexibility index (Phi) is 13.8. The highest BCUT2D eigenvalue weighted by atomic mass is 16.2. The molecule has 1 atom stereocenters. The summed E-state index contributed by atoms with van der Waals surface area (Å²) in [6.45, 7) is 5.10. The summed E-state index contributed by atoms with van der Waals surface area (Å²) in [6, 6.07) is 5.44. The van der Waals surface area contributed by atoms with Crippen molar-refractivity contribution in [3.05, 3.63) is 64.7 Å². The predicted octanol–water partition coefficient (Wildman–Crippen LogP) is 0.117. The Morgan fingerprint density at radius 3 is 1.71 bits per heavy atom. The van der Waals surface area contributed by atoms with Gasteiger partial charge in [-0.25, -0.2) is 4.98 Å². The molecule has 17 heteroatoms. The lowest BCUT2D eigenvalue weighted by Gasteiger charge is -2.32. The van der Waals surface area contributed by atoms with Crippen LogP contribution in [0.25, 0.3) is 10.8 Å². The van der Waals surface area contributed by atoms with E-state index in [-0.39, 0.29) is 49.0 Å². The van der Waals surface area contributed by atoms with Crippen molar-refractivity contribution in [2.75, 3.05) is 73.0 Å². The summed E-state index contributed by atoms with van der Waals surface area (Å²) in [5, 5.41) is 8.62. The van der Waals surface area contributed by atoms with Gasteiger partial charge in [-0.2, -0.15) is 0 Å². The van der Waals surface area contributed by atoms with E-state index >= 15 is 0 Å². The Bertz CT molecular complexity index is 1860. The molecule has 0 fully saturated rings. The van der Waals surface area contributed by atoms with Gasteiger partial charge in [0.15, 0.2) is 0 Å². The summed E-state index contributed by atoms with van der Waals surface area (Å²) >= 11 is 0. The van der Waals surface area contributed by atoms with Gasteiger partial charge in [-0.05, 0) is 96.8 Å². The van der Waals surface area contributed by atoms with Crippen LogP contribution < -0.4 is 21.7 Å². The Hall–Kier alpha value is -5.52. The minimum atomic E-state index is -0.874. The third-order valence-electron chi connectivity index (χ3n) is 9.79. The van der Waals surface area contributed by atoms with Gasteiger partial charge >= 0.3 is 0 Å². The van der Waals surface area contributed by atoms with Crippen LogP contribution in [0.4, 0.5) is 0 Å². The molecule has 0 bridgehead atoms. The van der Waals surface area contributed by atoms with Crippen LogP contribution in [0.1, 0.15) is 79.7 Å². The number of carbonyl (C=O) groups excluding carboxylic acids is 7. The number of benzene rings is 2. The Morgan fingerprint density at radius 2 is 1.25 bits per heavy atom. The van der Waals surface area contributed by atoms with E-state index in [1.165, 1.54) is 23.1 Å². The molecule has 3 heterocycles. The molecule has 1 aromatic heterocycles. The number of aromatic nitrogens is 2. The summed E-state index contributed by atoms with van der Waals surface area (Å²) < 4.78 is 0. The highest BCUT2D eigenvalue weighted by Gasteiger charge is 2.39. The van der Waals surface area contributed by atoms with Crippen LogP contribution in [0, 0.1) is 0 Å². The maximum absolute atomic E-state index is 13.7. The maximum Gasteiger partial charge on any atom is 0.261 e. The molecule has 5 rings (SSSR count). The number of nitrogens with zero attached hydrogens (tertiary/aromatic N) is 5. The van der Waals surface area contributed by atoms with Crippen molar-refractivity contribution in [2.45, 2.75) is 45.1 Å². The number of amides is 7. The Balaban J connectivity index is 1.12. The van der Waals surface area contributed by atoms with E-state index in [0.717, 1.165) is 13.0 Å². The molecule has 0 aliphatic carbocycles. The number of hydrogen-bond acceptors (Lipinski definition) is 11. The maximum atomic E-state index is 13.7. The zero-order valence-electron chi connectivity index (χ0n) is 31.6. The minimum absolute atomic E-state index is 0.169. The van der Waals surface area contributed by atoms with Crippen LogP contribution in [0.15, 0.2) is 36.8 Å². The minimum Gasteiger partial charge on any atom is -0.354 e. The van der Waals surface area contributed by atoms with Gasteiger partial charge in [0.2, 0.25) is 17.7 Å². The van der Waals surface area contributed by atoms with Crippen molar-refractivity contribution in [3.63, 3.8) is 0 Å². The van der Waals surface area contributed by atoms with Crippen LogP contribution in [-0.4, -0.2) is 150 Å². The summed E-state index contributed by atoms with van der Waals surface area (Å²) in [7, 11) is 3.88. The number of rotatable bonds is 21. The second-order valence-electron chi connectivity index (χ2n) is 14.0. The lowest BCUT2D eigenvalue weighted by molar-refractivity contribution is -0.129. The van der Waals surface area contributed by atoms with Crippen molar-refractivity contribution < 1.29 is 33.6 Å². The van der Waals surface area contributed by atoms with Crippen molar-refractivity contribution >= 4 is 52.1 Å². The molecular formula is C38H50N10O7. The largest absolute Gasteiger partial charge is 0.354 e. The molecule has 2 aliphatic heterocycles. The van der Waals surface area contributed by atoms with Gasteiger partial charge in [0, 0.05) is 77.9 Å². The first-order chi connectivity index (χ1) is 26.4. The van der Waals surface area contributed by atoms with Gasteiger partial charge in [0.05, 0.1) is 12.9 Å². The van der Waals surface area contributed by atoms with E-state index in [1.807, 2.05) is 19.0 Å². The molecule has 2 aliphatic rings. The zero-order valence-corrected chi connectivity index (χ0v) is 31.6. The van der Waals surface area contributed by atoms with Crippen LogP contribution in [-0.2, 0) is 20.8 Å². The third kappa shape index (κ3) is 9.78. The van der Waals surface area contributed by atoms with E-state index in [0.29, 0.717) is 79.6 Å². The molecule has 7 amide bonds.